The number of hydrogen-bond donors (Lipinski definition) is 1. The first-order valence-electron chi connectivity index (χ1n) is 7.95. The van der Waals surface area contributed by atoms with Crippen LogP contribution >= 0.6 is 0 Å². The molecule has 7 heteroatoms. The third-order valence-corrected chi connectivity index (χ3v) is 5.14. The Morgan fingerprint density at radius 3 is 2.70 bits per heavy atom. The van der Waals surface area contributed by atoms with Crippen molar-refractivity contribution in [3.05, 3.63) is 24.3 Å². The van der Waals surface area contributed by atoms with Gasteiger partial charge in [0.1, 0.15) is 10.7 Å². The first-order valence-corrected chi connectivity index (χ1v) is 9.39. The second-order valence-electron chi connectivity index (χ2n) is 5.46. The van der Waals surface area contributed by atoms with Gasteiger partial charge in [0.2, 0.25) is 5.91 Å². The van der Waals surface area contributed by atoms with E-state index in [4.69, 9.17) is 0 Å². The molecular formula is C16H23N3O3S. The molecule has 0 saturated heterocycles. The molecule has 0 spiro atoms. The molecule has 0 aliphatic carbocycles. The SMILES string of the molecule is CCCCN(CC)C(=O)CCC1=NS(=O)(=O)c2ccccc2N1. The van der Waals surface area contributed by atoms with Crippen molar-refractivity contribution in [2.75, 3.05) is 18.4 Å². The topological polar surface area (TPSA) is 78.8 Å². The van der Waals surface area contributed by atoms with Gasteiger partial charge in [-0.3, -0.25) is 4.79 Å². The van der Waals surface area contributed by atoms with Crippen molar-refractivity contribution >= 4 is 27.5 Å². The number of fused-ring (bicyclic) bond motifs is 1. The van der Waals surface area contributed by atoms with Crippen molar-refractivity contribution in [3.63, 3.8) is 0 Å². The molecule has 2 rings (SSSR count). The van der Waals surface area contributed by atoms with Crippen LogP contribution < -0.4 is 5.32 Å². The summed E-state index contributed by atoms with van der Waals surface area (Å²) in [6.45, 7) is 5.44. The lowest BCUT2D eigenvalue weighted by Gasteiger charge is -2.22. The molecule has 0 atom stereocenters. The highest BCUT2D eigenvalue weighted by Crippen LogP contribution is 2.27. The summed E-state index contributed by atoms with van der Waals surface area (Å²) in [7, 11) is -3.68. The van der Waals surface area contributed by atoms with Crippen molar-refractivity contribution in [1.82, 2.24) is 4.90 Å². The van der Waals surface area contributed by atoms with Gasteiger partial charge in [-0.1, -0.05) is 25.5 Å². The van der Waals surface area contributed by atoms with E-state index in [0.29, 0.717) is 18.1 Å². The van der Waals surface area contributed by atoms with Gasteiger partial charge in [-0.05, 0) is 25.5 Å². The Morgan fingerprint density at radius 2 is 2.00 bits per heavy atom. The minimum Gasteiger partial charge on any atom is -0.343 e. The zero-order valence-corrected chi connectivity index (χ0v) is 14.4. The number of benzene rings is 1. The Labute approximate surface area is 137 Å². The van der Waals surface area contributed by atoms with Crippen molar-refractivity contribution < 1.29 is 13.2 Å². The van der Waals surface area contributed by atoms with E-state index in [9.17, 15) is 13.2 Å². The summed E-state index contributed by atoms with van der Waals surface area (Å²) in [6, 6.07) is 6.64. The molecule has 1 aromatic rings. The summed E-state index contributed by atoms with van der Waals surface area (Å²) in [5.41, 5.74) is 0.517. The number of hydrogen-bond acceptors (Lipinski definition) is 4. The summed E-state index contributed by atoms with van der Waals surface area (Å²) in [4.78, 5) is 14.2. The van der Waals surface area contributed by atoms with Gasteiger partial charge in [0, 0.05) is 25.9 Å². The highest BCUT2D eigenvalue weighted by molar-refractivity contribution is 7.90. The summed E-state index contributed by atoms with van der Waals surface area (Å²) in [5.74, 6) is 0.352. The van der Waals surface area contributed by atoms with Crippen molar-refractivity contribution in [2.24, 2.45) is 4.40 Å². The van der Waals surface area contributed by atoms with Crippen LogP contribution in [-0.4, -0.2) is 38.2 Å². The number of carbonyl (C=O) groups is 1. The fraction of sp³-hybridized carbons (Fsp3) is 0.500. The minimum absolute atomic E-state index is 0.0294. The van der Waals surface area contributed by atoms with E-state index >= 15 is 0 Å². The second-order valence-corrected chi connectivity index (χ2v) is 7.03. The highest BCUT2D eigenvalue weighted by atomic mass is 32.2. The molecule has 1 amide bonds. The molecule has 1 aliphatic heterocycles. The number of sulfonamides is 1. The van der Waals surface area contributed by atoms with Gasteiger partial charge in [0.15, 0.2) is 0 Å². The number of anilines is 1. The average Bonchev–Trinajstić information content (AvgIpc) is 2.53. The standard InChI is InChI=1S/C16H23N3O3S/c1-3-5-12-19(4-2)16(20)11-10-15-17-13-8-6-7-9-14(13)23(21,22)18-15/h6-9H,3-5,10-12H2,1-2H3,(H,17,18). The van der Waals surface area contributed by atoms with E-state index in [1.165, 1.54) is 6.07 Å². The molecule has 0 unspecified atom stereocenters. The van der Waals surface area contributed by atoms with E-state index in [2.05, 4.69) is 16.6 Å². The molecule has 0 fully saturated rings. The quantitative estimate of drug-likeness (QED) is 0.829. The molecule has 126 valence electrons. The molecule has 1 aliphatic rings. The van der Waals surface area contributed by atoms with Crippen molar-refractivity contribution in [1.29, 1.82) is 0 Å². The fourth-order valence-electron chi connectivity index (χ4n) is 2.47. The lowest BCUT2D eigenvalue weighted by atomic mass is 10.2. The third-order valence-electron chi connectivity index (χ3n) is 3.77. The smallest absolute Gasteiger partial charge is 0.286 e. The summed E-state index contributed by atoms with van der Waals surface area (Å²) in [5, 5.41) is 3.01. The minimum atomic E-state index is -3.68. The molecular weight excluding hydrogens is 314 g/mol. The van der Waals surface area contributed by atoms with Crippen LogP contribution in [0.1, 0.15) is 39.5 Å². The predicted molar refractivity (Wildman–Crippen MR) is 91.1 cm³/mol. The molecule has 0 radical (unpaired) electrons. The zero-order chi connectivity index (χ0) is 16.9. The number of amides is 1. The van der Waals surface area contributed by atoms with Crippen LogP contribution in [-0.2, 0) is 14.8 Å². The van der Waals surface area contributed by atoms with Crippen LogP contribution in [0.2, 0.25) is 0 Å². The Kier molecular flexibility index (Phi) is 5.76. The molecule has 0 bridgehead atoms. The van der Waals surface area contributed by atoms with Crippen LogP contribution in [0.5, 0.6) is 0 Å². The lowest BCUT2D eigenvalue weighted by Crippen LogP contribution is -2.32. The molecule has 1 aromatic carbocycles. The predicted octanol–water partition coefficient (Wildman–Crippen LogP) is 2.63. The molecule has 1 N–H and O–H groups in total. The van der Waals surface area contributed by atoms with Gasteiger partial charge < -0.3 is 10.2 Å². The van der Waals surface area contributed by atoms with E-state index in [1.54, 1.807) is 23.1 Å². The van der Waals surface area contributed by atoms with Crippen molar-refractivity contribution in [3.8, 4) is 0 Å². The van der Waals surface area contributed by atoms with Gasteiger partial charge >= 0.3 is 0 Å². The fourth-order valence-corrected chi connectivity index (χ4v) is 3.64. The summed E-state index contributed by atoms with van der Waals surface area (Å²) in [6.07, 6.45) is 2.55. The molecule has 23 heavy (non-hydrogen) atoms. The molecule has 0 saturated carbocycles. The summed E-state index contributed by atoms with van der Waals surface area (Å²) < 4.78 is 28.1. The van der Waals surface area contributed by atoms with Crippen LogP contribution in [0.15, 0.2) is 33.6 Å². The van der Waals surface area contributed by atoms with E-state index in [1.807, 2.05) is 6.92 Å². The largest absolute Gasteiger partial charge is 0.343 e. The highest BCUT2D eigenvalue weighted by Gasteiger charge is 2.24. The Morgan fingerprint density at radius 1 is 1.26 bits per heavy atom. The van der Waals surface area contributed by atoms with E-state index in [-0.39, 0.29) is 23.6 Å². The van der Waals surface area contributed by atoms with Gasteiger partial charge in [-0.25, -0.2) is 0 Å². The number of para-hydroxylation sites is 1. The number of rotatable bonds is 7. The van der Waals surface area contributed by atoms with Gasteiger partial charge in [0.25, 0.3) is 10.0 Å². The normalized spacial score (nSPS) is 15.3. The Balaban J connectivity index is 2.02. The lowest BCUT2D eigenvalue weighted by molar-refractivity contribution is -0.130. The molecule has 1 heterocycles. The first-order chi connectivity index (χ1) is 11.0. The Hall–Kier alpha value is -1.89. The van der Waals surface area contributed by atoms with Crippen LogP contribution in [0.4, 0.5) is 5.69 Å². The van der Waals surface area contributed by atoms with Crippen molar-refractivity contribution in [2.45, 2.75) is 44.4 Å². The second kappa shape index (κ2) is 7.59. The maximum atomic E-state index is 12.2. The van der Waals surface area contributed by atoms with Gasteiger partial charge in [-0.2, -0.15) is 8.42 Å². The third kappa shape index (κ3) is 4.31. The summed E-state index contributed by atoms with van der Waals surface area (Å²) >= 11 is 0. The number of amidine groups is 1. The average molecular weight is 337 g/mol. The maximum absolute atomic E-state index is 12.2. The first kappa shape index (κ1) is 17.5. The monoisotopic (exact) mass is 337 g/mol. The van der Waals surface area contributed by atoms with Crippen LogP contribution in [0.25, 0.3) is 0 Å². The Bertz CT molecular complexity index is 698. The van der Waals surface area contributed by atoms with E-state index < -0.39 is 10.0 Å². The number of nitrogens with zero attached hydrogens (tertiary/aromatic N) is 2. The number of nitrogens with one attached hydrogen (secondary N) is 1. The maximum Gasteiger partial charge on any atom is 0.286 e. The van der Waals surface area contributed by atoms with Gasteiger partial charge in [0.05, 0.1) is 5.69 Å². The van der Waals surface area contributed by atoms with Crippen LogP contribution in [0.3, 0.4) is 0 Å². The number of unbranched alkanes of at least 4 members (excludes halogenated alkanes) is 1. The van der Waals surface area contributed by atoms with Crippen LogP contribution in [0, 0.1) is 0 Å². The zero-order valence-electron chi connectivity index (χ0n) is 13.6. The van der Waals surface area contributed by atoms with E-state index in [0.717, 1.165) is 19.4 Å². The molecule has 0 aromatic heterocycles. The number of carbonyl (C=O) groups excluding carboxylic acids is 1. The van der Waals surface area contributed by atoms with Gasteiger partial charge in [-0.15, -0.1) is 4.40 Å². The molecule has 6 nitrogen and oxygen atoms in total.